The van der Waals surface area contributed by atoms with Gasteiger partial charge in [-0.15, -0.1) is 0 Å². The first-order valence-electron chi connectivity index (χ1n) is 16.9. The van der Waals surface area contributed by atoms with Crippen LogP contribution in [0.15, 0.2) is 30.4 Å². The molecule has 49 heavy (non-hydrogen) atoms. The highest BCUT2D eigenvalue weighted by atomic mass is 32.2. The van der Waals surface area contributed by atoms with Crippen LogP contribution in [0, 0.1) is 18.7 Å². The number of hydrogen-bond donors (Lipinski definition) is 4. The number of pyridine rings is 1. The van der Waals surface area contributed by atoms with Crippen LogP contribution >= 0.6 is 0 Å². The van der Waals surface area contributed by atoms with Crippen molar-refractivity contribution in [2.75, 3.05) is 6.54 Å². The summed E-state index contributed by atoms with van der Waals surface area (Å²) in [7, 11) is -3.90. The predicted molar refractivity (Wildman–Crippen MR) is 174 cm³/mol. The number of aryl methyl sites for hydroxylation is 2. The van der Waals surface area contributed by atoms with Crippen LogP contribution in [0.3, 0.4) is 0 Å². The van der Waals surface area contributed by atoms with Gasteiger partial charge in [0.15, 0.2) is 0 Å². The molecule has 0 bridgehead atoms. The minimum atomic E-state index is -3.90. The molecular formula is C34H40FN5O8S. The number of benzene rings is 1. The Morgan fingerprint density at radius 2 is 1.94 bits per heavy atom. The number of hydrogen-bond acceptors (Lipinski definition) is 8. The van der Waals surface area contributed by atoms with E-state index >= 15 is 0 Å². The summed E-state index contributed by atoms with van der Waals surface area (Å²) in [6, 6.07) is 2.45. The van der Waals surface area contributed by atoms with Crippen molar-refractivity contribution in [1.29, 1.82) is 0 Å². The molecule has 4 heterocycles. The summed E-state index contributed by atoms with van der Waals surface area (Å²) in [6.45, 7) is 1.67. The molecule has 5 aliphatic rings. The molecule has 7 rings (SSSR count). The summed E-state index contributed by atoms with van der Waals surface area (Å²) >= 11 is 0. The number of fused-ring (bicyclic) bond motifs is 5. The van der Waals surface area contributed by atoms with Gasteiger partial charge in [0.05, 0.1) is 17.5 Å². The van der Waals surface area contributed by atoms with Gasteiger partial charge >= 0.3 is 6.09 Å². The van der Waals surface area contributed by atoms with Crippen LogP contribution in [0.1, 0.15) is 75.5 Å². The second-order valence-electron chi connectivity index (χ2n) is 14.1. The number of rotatable bonds is 4. The number of halogens is 1. The molecule has 13 nitrogen and oxygen atoms in total. The van der Waals surface area contributed by atoms with Crippen molar-refractivity contribution >= 4 is 44.7 Å². The topological polar surface area (TPSA) is 184 Å². The van der Waals surface area contributed by atoms with Gasteiger partial charge in [0.1, 0.15) is 40.3 Å². The van der Waals surface area contributed by atoms with Crippen LogP contribution < -0.4 is 20.1 Å². The van der Waals surface area contributed by atoms with E-state index in [1.165, 1.54) is 11.0 Å². The maximum atomic E-state index is 14.7. The maximum Gasteiger partial charge on any atom is 0.405 e. The summed E-state index contributed by atoms with van der Waals surface area (Å²) < 4.78 is 49.0. The highest BCUT2D eigenvalue weighted by molar-refractivity contribution is 7.91. The number of para-hydroxylation sites is 1. The number of carboxylic acid groups (broad SMARTS) is 1. The molecule has 15 heteroatoms. The predicted octanol–water partition coefficient (Wildman–Crippen LogP) is 2.99. The van der Waals surface area contributed by atoms with Gasteiger partial charge in [-0.1, -0.05) is 37.1 Å². The average molecular weight is 698 g/mol. The molecule has 0 radical (unpaired) electrons. The Kier molecular flexibility index (Phi) is 8.31. The summed E-state index contributed by atoms with van der Waals surface area (Å²) in [6.07, 6.45) is 7.27. The smallest absolute Gasteiger partial charge is 0.405 e. The second kappa shape index (κ2) is 12.3. The number of nitrogens with zero attached hydrogens (tertiary/aromatic N) is 2. The zero-order chi connectivity index (χ0) is 34.7. The van der Waals surface area contributed by atoms with Crippen molar-refractivity contribution in [3.8, 4) is 5.75 Å². The molecule has 5 atom stereocenters. The summed E-state index contributed by atoms with van der Waals surface area (Å²) in [5.41, 5.74) is -1.13. The molecule has 1 saturated heterocycles. The highest BCUT2D eigenvalue weighted by Gasteiger charge is 2.63. The third kappa shape index (κ3) is 6.21. The Labute approximate surface area is 283 Å². The Morgan fingerprint density at radius 1 is 1.14 bits per heavy atom. The van der Waals surface area contributed by atoms with E-state index in [1.54, 1.807) is 19.1 Å². The first kappa shape index (κ1) is 33.2. The monoisotopic (exact) mass is 697 g/mol. The van der Waals surface area contributed by atoms with Crippen molar-refractivity contribution in [3.05, 3.63) is 47.4 Å². The van der Waals surface area contributed by atoms with E-state index in [-0.39, 0.29) is 31.3 Å². The molecule has 2 saturated carbocycles. The van der Waals surface area contributed by atoms with Crippen LogP contribution in [0.2, 0.25) is 0 Å². The Hall–Kier alpha value is -4.27. The van der Waals surface area contributed by atoms with Crippen molar-refractivity contribution in [2.24, 2.45) is 5.92 Å². The van der Waals surface area contributed by atoms with Gasteiger partial charge in [0.25, 0.3) is 5.91 Å². The van der Waals surface area contributed by atoms with E-state index < -0.39 is 74.0 Å². The molecule has 262 valence electrons. The fraction of sp³-hybridized carbons (Fsp3) is 0.559. The Balaban J connectivity index is 1.23. The van der Waals surface area contributed by atoms with E-state index in [0.29, 0.717) is 55.4 Å². The van der Waals surface area contributed by atoms with Gasteiger partial charge in [-0.3, -0.25) is 19.1 Å². The fourth-order valence-corrected chi connectivity index (χ4v) is 9.09. The van der Waals surface area contributed by atoms with Gasteiger partial charge < -0.3 is 25.4 Å². The van der Waals surface area contributed by atoms with Crippen LogP contribution in [0.25, 0.3) is 10.9 Å². The number of carbonyl (C=O) groups is 4. The van der Waals surface area contributed by atoms with Crippen LogP contribution in [-0.4, -0.2) is 82.2 Å². The van der Waals surface area contributed by atoms with Gasteiger partial charge in [0.2, 0.25) is 21.8 Å². The third-order valence-electron chi connectivity index (χ3n) is 10.6. The zero-order valence-corrected chi connectivity index (χ0v) is 28.0. The highest BCUT2D eigenvalue weighted by Crippen LogP contribution is 2.48. The molecule has 2 aliphatic carbocycles. The normalized spacial score (nSPS) is 30.2. The van der Waals surface area contributed by atoms with E-state index in [4.69, 9.17) is 4.74 Å². The average Bonchev–Trinajstić information content (AvgIpc) is 3.98. The van der Waals surface area contributed by atoms with Crippen LogP contribution in [-0.2, 0) is 30.8 Å². The summed E-state index contributed by atoms with van der Waals surface area (Å²) in [5, 5.41) is 14.8. The Bertz CT molecular complexity index is 1880. The maximum absolute atomic E-state index is 14.7. The molecule has 3 fully saturated rings. The standard InChI is InChI=1S/C34H40FN5O8S/c1-19-28-23(22-9-7-10-24(35)27(22)36-19)14-15-33(48-28)17-26-29(41)38-34(31(43)39-49(46,47)21-12-13-21)16-20(34)8-5-3-2-4-6-11-25(37-32(44)45)30(42)40(26)18-33/h5,7-10,20-21,25-26,37H,2-4,6,11-18H2,1H3,(H,38,41)(H,39,43)(H,44,45)/t20-,25+,26+,33-,34-/m1/s1. The van der Waals surface area contributed by atoms with Gasteiger partial charge in [0, 0.05) is 23.3 Å². The number of nitrogens with one attached hydrogen (secondary N) is 3. The third-order valence-corrected chi connectivity index (χ3v) is 12.4. The first-order valence-corrected chi connectivity index (χ1v) is 18.5. The number of amides is 4. The summed E-state index contributed by atoms with van der Waals surface area (Å²) in [4.78, 5) is 59.8. The van der Waals surface area contributed by atoms with Gasteiger partial charge in [-0.25, -0.2) is 22.6 Å². The van der Waals surface area contributed by atoms with E-state index in [2.05, 4.69) is 20.3 Å². The molecule has 1 spiro atoms. The molecule has 3 aliphatic heterocycles. The van der Waals surface area contributed by atoms with Crippen molar-refractivity contribution in [3.63, 3.8) is 0 Å². The molecule has 4 amide bonds. The van der Waals surface area contributed by atoms with Gasteiger partial charge in [-0.2, -0.15) is 0 Å². The quantitative estimate of drug-likeness (QED) is 0.349. The molecular weight excluding hydrogens is 657 g/mol. The van der Waals surface area contributed by atoms with E-state index in [1.807, 2.05) is 12.2 Å². The van der Waals surface area contributed by atoms with E-state index in [9.17, 15) is 37.1 Å². The lowest BCUT2D eigenvalue weighted by atomic mass is 9.87. The zero-order valence-electron chi connectivity index (χ0n) is 27.2. The SMILES string of the molecule is Cc1nc2c(F)cccc2c2c1O[C@]1(CC2)C[C@H]2C(=O)N[C@]3(C(=O)NS(=O)(=O)C4CC4)C[C@H]3C=CCCCCC[C@H](NC(=O)O)C(=O)N2C1. The number of aromatic nitrogens is 1. The number of sulfonamides is 1. The largest absolute Gasteiger partial charge is 0.483 e. The van der Waals surface area contributed by atoms with Crippen molar-refractivity contribution in [1.82, 2.24) is 25.2 Å². The van der Waals surface area contributed by atoms with Crippen LogP contribution in [0.4, 0.5) is 9.18 Å². The number of allylic oxidation sites excluding steroid dienone is 1. The molecule has 2 aromatic rings. The van der Waals surface area contributed by atoms with Crippen LogP contribution in [0.5, 0.6) is 5.75 Å². The Morgan fingerprint density at radius 3 is 2.69 bits per heavy atom. The molecule has 0 unspecified atom stereocenters. The lowest BCUT2D eigenvalue weighted by Gasteiger charge is -2.36. The minimum Gasteiger partial charge on any atom is -0.483 e. The summed E-state index contributed by atoms with van der Waals surface area (Å²) in [5.74, 6) is -2.50. The lowest BCUT2D eigenvalue weighted by Crippen LogP contribution is -2.58. The number of ether oxygens (including phenoxy) is 1. The van der Waals surface area contributed by atoms with Gasteiger partial charge in [-0.05, 0) is 64.4 Å². The van der Waals surface area contributed by atoms with Crippen molar-refractivity contribution in [2.45, 2.75) is 106 Å². The fourth-order valence-electron chi connectivity index (χ4n) is 7.73. The first-order chi connectivity index (χ1) is 23.3. The van der Waals surface area contributed by atoms with Crippen molar-refractivity contribution < 1.29 is 41.8 Å². The molecule has 1 aromatic carbocycles. The van der Waals surface area contributed by atoms with E-state index in [0.717, 1.165) is 18.4 Å². The second-order valence-corrected chi connectivity index (χ2v) is 16.1. The minimum absolute atomic E-state index is 0.0308. The lowest BCUT2D eigenvalue weighted by molar-refractivity contribution is -0.141. The molecule has 4 N–H and O–H groups in total. The number of carbonyl (C=O) groups excluding carboxylic acids is 3. The molecule has 1 aromatic heterocycles.